The van der Waals surface area contributed by atoms with Gasteiger partial charge in [0.1, 0.15) is 0 Å². The van der Waals surface area contributed by atoms with Gasteiger partial charge < -0.3 is 9.80 Å². The van der Waals surface area contributed by atoms with Crippen LogP contribution in [0, 0.1) is 13.8 Å². The first kappa shape index (κ1) is 16.7. The third-order valence-electron chi connectivity index (χ3n) is 4.22. The van der Waals surface area contributed by atoms with Crippen LogP contribution in [0.2, 0.25) is 0 Å². The first-order chi connectivity index (χ1) is 11.6. The zero-order valence-corrected chi connectivity index (χ0v) is 15.1. The van der Waals surface area contributed by atoms with Crippen molar-refractivity contribution in [2.75, 3.05) is 29.7 Å². The molecule has 0 spiro atoms. The minimum Gasteiger partial charge on any atom is -0.305 e. The van der Waals surface area contributed by atoms with Crippen molar-refractivity contribution in [3.63, 3.8) is 0 Å². The van der Waals surface area contributed by atoms with Gasteiger partial charge in [-0.2, -0.15) is 0 Å². The highest BCUT2D eigenvalue weighted by molar-refractivity contribution is 7.80. The molecule has 3 nitrogen and oxygen atoms in total. The van der Waals surface area contributed by atoms with Crippen molar-refractivity contribution in [3.8, 4) is 0 Å². The molecular weight excluding hydrogens is 314 g/mol. The van der Waals surface area contributed by atoms with Crippen LogP contribution in [-0.4, -0.2) is 29.9 Å². The van der Waals surface area contributed by atoms with E-state index >= 15 is 0 Å². The van der Waals surface area contributed by atoms with Crippen LogP contribution in [0.25, 0.3) is 0 Å². The van der Waals surface area contributed by atoms with Crippen LogP contribution in [-0.2, 0) is 0 Å². The van der Waals surface area contributed by atoms with E-state index < -0.39 is 0 Å². The van der Waals surface area contributed by atoms with Crippen LogP contribution >= 0.6 is 12.2 Å². The maximum Gasteiger partial charge on any atom is 0.182 e. The lowest BCUT2D eigenvalue weighted by atomic mass is 10.2. The van der Waals surface area contributed by atoms with E-state index in [4.69, 9.17) is 12.2 Å². The van der Waals surface area contributed by atoms with Crippen molar-refractivity contribution in [2.45, 2.75) is 13.8 Å². The Morgan fingerprint density at radius 1 is 0.875 bits per heavy atom. The van der Waals surface area contributed by atoms with Crippen LogP contribution in [0.5, 0.6) is 0 Å². The molecule has 0 saturated carbocycles. The molecule has 24 heavy (non-hydrogen) atoms. The van der Waals surface area contributed by atoms with E-state index in [0.717, 1.165) is 36.4 Å². The molecule has 0 amide bonds. The van der Waals surface area contributed by atoms with E-state index in [1.807, 2.05) is 6.08 Å². The SMILES string of the molecule is C=CCN1CN(c2ccc(C)cc2)C(=S)N(c2ccc(C)cc2)C1. The second kappa shape index (κ2) is 7.16. The summed E-state index contributed by atoms with van der Waals surface area (Å²) in [6, 6.07) is 17.0. The van der Waals surface area contributed by atoms with Gasteiger partial charge in [0.05, 0.1) is 13.3 Å². The first-order valence-electron chi connectivity index (χ1n) is 8.14. The lowest BCUT2D eigenvalue weighted by molar-refractivity contribution is 0.307. The Balaban J connectivity index is 1.93. The van der Waals surface area contributed by atoms with Crippen molar-refractivity contribution < 1.29 is 0 Å². The molecule has 2 aromatic rings. The van der Waals surface area contributed by atoms with Crippen molar-refractivity contribution in [1.29, 1.82) is 0 Å². The van der Waals surface area contributed by atoms with Crippen LogP contribution in [0.1, 0.15) is 11.1 Å². The maximum absolute atomic E-state index is 5.81. The summed E-state index contributed by atoms with van der Waals surface area (Å²) in [7, 11) is 0. The molecule has 1 heterocycles. The molecule has 4 heteroatoms. The van der Waals surface area contributed by atoms with Crippen LogP contribution in [0.4, 0.5) is 11.4 Å². The number of rotatable bonds is 4. The van der Waals surface area contributed by atoms with E-state index in [-0.39, 0.29) is 0 Å². The molecule has 0 aromatic heterocycles. The molecule has 3 rings (SSSR count). The van der Waals surface area contributed by atoms with E-state index in [0.29, 0.717) is 0 Å². The molecule has 1 saturated heterocycles. The minimum absolute atomic E-state index is 0.774. The van der Waals surface area contributed by atoms with Crippen molar-refractivity contribution in [2.24, 2.45) is 0 Å². The maximum atomic E-state index is 5.81. The summed E-state index contributed by atoms with van der Waals surface area (Å²) < 4.78 is 0. The molecule has 0 radical (unpaired) electrons. The normalized spacial score (nSPS) is 15.7. The largest absolute Gasteiger partial charge is 0.305 e. The van der Waals surface area contributed by atoms with Crippen molar-refractivity contribution in [1.82, 2.24) is 4.90 Å². The average Bonchev–Trinajstić information content (AvgIpc) is 2.58. The van der Waals surface area contributed by atoms with Crippen LogP contribution in [0.15, 0.2) is 61.2 Å². The number of hydrogen-bond acceptors (Lipinski definition) is 2. The Labute approximate surface area is 149 Å². The topological polar surface area (TPSA) is 9.72 Å². The first-order valence-corrected chi connectivity index (χ1v) is 8.55. The Morgan fingerprint density at radius 3 is 1.67 bits per heavy atom. The molecule has 2 aromatic carbocycles. The van der Waals surface area contributed by atoms with Gasteiger partial charge in [0.25, 0.3) is 0 Å². The van der Waals surface area contributed by atoms with E-state index in [9.17, 15) is 0 Å². The highest BCUT2D eigenvalue weighted by atomic mass is 32.1. The third kappa shape index (κ3) is 3.50. The lowest BCUT2D eigenvalue weighted by Crippen LogP contribution is -2.58. The van der Waals surface area contributed by atoms with Gasteiger partial charge >= 0.3 is 0 Å². The second-order valence-electron chi connectivity index (χ2n) is 6.23. The zero-order valence-electron chi connectivity index (χ0n) is 14.3. The standard InChI is InChI=1S/C20H23N3S/c1-4-13-21-14-22(18-9-5-16(2)6-10-18)20(24)23(15-21)19-11-7-17(3)8-12-19/h4-12H,1,13-15H2,2-3H3. The molecule has 1 aliphatic rings. The van der Waals surface area contributed by atoms with Gasteiger partial charge in [0, 0.05) is 17.9 Å². The summed E-state index contributed by atoms with van der Waals surface area (Å²) in [5.74, 6) is 0. The summed E-state index contributed by atoms with van der Waals surface area (Å²) in [5, 5.41) is 0.836. The number of aryl methyl sites for hydroxylation is 2. The molecule has 1 aliphatic heterocycles. The molecule has 124 valence electrons. The predicted octanol–water partition coefficient (Wildman–Crippen LogP) is 4.32. The number of benzene rings is 2. The highest BCUT2D eigenvalue weighted by Gasteiger charge is 2.28. The van der Waals surface area contributed by atoms with E-state index in [1.165, 1.54) is 11.1 Å². The van der Waals surface area contributed by atoms with Gasteiger partial charge in [-0.15, -0.1) is 6.58 Å². The van der Waals surface area contributed by atoms with Gasteiger partial charge in [-0.3, -0.25) is 4.90 Å². The zero-order chi connectivity index (χ0) is 17.1. The monoisotopic (exact) mass is 337 g/mol. The molecule has 1 fully saturated rings. The fourth-order valence-corrected chi connectivity index (χ4v) is 3.17. The number of nitrogens with zero attached hydrogens (tertiary/aromatic N) is 3. The van der Waals surface area contributed by atoms with Crippen molar-refractivity contribution in [3.05, 3.63) is 72.3 Å². The fraction of sp³-hybridized carbons (Fsp3) is 0.250. The number of hydrogen-bond donors (Lipinski definition) is 0. The second-order valence-corrected chi connectivity index (χ2v) is 6.60. The molecule has 0 atom stereocenters. The molecule has 0 aliphatic carbocycles. The molecule has 0 N–H and O–H groups in total. The predicted molar refractivity (Wildman–Crippen MR) is 107 cm³/mol. The summed E-state index contributed by atoms with van der Waals surface area (Å²) in [4.78, 5) is 6.69. The molecule has 0 unspecified atom stereocenters. The number of anilines is 2. The van der Waals surface area contributed by atoms with Gasteiger partial charge in [-0.1, -0.05) is 41.5 Å². The van der Waals surface area contributed by atoms with Crippen LogP contribution in [0.3, 0.4) is 0 Å². The van der Waals surface area contributed by atoms with Crippen molar-refractivity contribution >= 4 is 28.7 Å². The van der Waals surface area contributed by atoms with Gasteiger partial charge in [-0.25, -0.2) is 0 Å². The Morgan fingerprint density at radius 2 is 1.29 bits per heavy atom. The van der Waals surface area contributed by atoms with Gasteiger partial charge in [0.2, 0.25) is 0 Å². The van der Waals surface area contributed by atoms with E-state index in [1.54, 1.807) is 0 Å². The van der Waals surface area contributed by atoms with Crippen LogP contribution < -0.4 is 9.80 Å². The summed E-state index contributed by atoms with van der Waals surface area (Å²) >= 11 is 5.81. The fourth-order valence-electron chi connectivity index (χ4n) is 2.84. The smallest absolute Gasteiger partial charge is 0.182 e. The Kier molecular flexibility index (Phi) is 4.97. The minimum atomic E-state index is 0.774. The quantitative estimate of drug-likeness (QED) is 0.607. The number of thiocarbonyl (C=S) groups is 1. The molecule has 0 bridgehead atoms. The highest BCUT2D eigenvalue weighted by Crippen LogP contribution is 2.25. The molecular formula is C20H23N3S. The van der Waals surface area contributed by atoms with E-state index in [2.05, 4.69) is 83.7 Å². The summed E-state index contributed by atoms with van der Waals surface area (Å²) in [6.45, 7) is 10.5. The Bertz CT molecular complexity index is 664. The summed E-state index contributed by atoms with van der Waals surface area (Å²) in [5.41, 5.74) is 4.74. The van der Waals surface area contributed by atoms with Gasteiger partial charge in [0.15, 0.2) is 5.11 Å². The summed E-state index contributed by atoms with van der Waals surface area (Å²) in [6.07, 6.45) is 1.94. The Hall–Kier alpha value is -2.17. The van der Waals surface area contributed by atoms with Gasteiger partial charge in [-0.05, 0) is 50.3 Å². The third-order valence-corrected chi connectivity index (χ3v) is 4.66. The average molecular weight is 337 g/mol. The lowest BCUT2D eigenvalue weighted by Gasteiger charge is -2.44.